The highest BCUT2D eigenvalue weighted by Gasteiger charge is 2.21. The molecule has 0 atom stereocenters. The predicted molar refractivity (Wildman–Crippen MR) is 47.1 cm³/mol. The summed E-state index contributed by atoms with van der Waals surface area (Å²) >= 11 is 11.5. The van der Waals surface area contributed by atoms with E-state index < -0.39 is 6.43 Å². The summed E-state index contributed by atoms with van der Waals surface area (Å²) < 4.78 is 24.4. The van der Waals surface area contributed by atoms with Crippen molar-refractivity contribution in [2.45, 2.75) is 6.43 Å². The monoisotopic (exact) mass is 243 g/mol. The fraction of sp³-hybridized carbons (Fsp3) is 0.167. The topological polar surface area (TPSA) is 29.4 Å². The Morgan fingerprint density at radius 2 is 2.00 bits per heavy atom. The number of hydrogen-bond acceptors (Lipinski definition) is 3. The van der Waals surface area contributed by atoms with Crippen LogP contribution in [0.25, 0.3) is 0 Å². The minimum atomic E-state index is -2.72. The fourth-order valence-corrected chi connectivity index (χ4v) is 2.07. The molecule has 2 nitrogen and oxygen atoms in total. The Hall–Kier alpha value is -0.480. The van der Waals surface area contributed by atoms with E-state index in [1.54, 1.807) is 0 Å². The lowest BCUT2D eigenvalue weighted by atomic mass is 10.5. The van der Waals surface area contributed by atoms with Crippen LogP contribution in [0.4, 0.5) is 13.8 Å². The second-order valence-electron chi connectivity index (χ2n) is 1.90. The highest BCUT2D eigenvalue weighted by molar-refractivity contribution is 7.17. The van der Waals surface area contributed by atoms with E-state index in [4.69, 9.17) is 23.2 Å². The van der Waals surface area contributed by atoms with E-state index in [2.05, 4.69) is 4.99 Å². The molecule has 1 aromatic rings. The molecule has 1 rings (SSSR count). The number of aliphatic imine (C=N–C) groups is 1. The van der Waals surface area contributed by atoms with Crippen LogP contribution in [0.15, 0.2) is 4.99 Å². The first-order chi connectivity index (χ1) is 6.07. The molecule has 0 unspecified atom stereocenters. The Bertz CT molecular complexity index is 373. The van der Waals surface area contributed by atoms with Gasteiger partial charge in [-0.1, -0.05) is 23.2 Å². The molecule has 0 amide bonds. The second kappa shape index (κ2) is 4.15. The van der Waals surface area contributed by atoms with Crippen molar-refractivity contribution < 1.29 is 13.6 Å². The molecule has 0 aliphatic rings. The third-order valence-electron chi connectivity index (χ3n) is 1.15. The maximum absolute atomic E-state index is 12.2. The van der Waals surface area contributed by atoms with E-state index in [9.17, 15) is 13.6 Å². The van der Waals surface area contributed by atoms with Gasteiger partial charge < -0.3 is 0 Å². The molecule has 0 aliphatic heterocycles. The molecule has 1 aromatic heterocycles. The van der Waals surface area contributed by atoms with Gasteiger partial charge in [-0.05, 0) is 0 Å². The van der Waals surface area contributed by atoms with E-state index >= 15 is 0 Å². The van der Waals surface area contributed by atoms with E-state index in [0.29, 0.717) is 11.3 Å². The quantitative estimate of drug-likeness (QED) is 0.571. The Morgan fingerprint density at radius 1 is 1.38 bits per heavy atom. The van der Waals surface area contributed by atoms with Crippen LogP contribution in [0, 0.1) is 0 Å². The first-order valence-electron chi connectivity index (χ1n) is 2.91. The van der Waals surface area contributed by atoms with Gasteiger partial charge in [0.15, 0.2) is 0 Å². The van der Waals surface area contributed by atoms with Crippen molar-refractivity contribution in [2.24, 2.45) is 4.99 Å². The molecule has 70 valence electrons. The van der Waals surface area contributed by atoms with E-state index in [0.717, 1.165) is 0 Å². The van der Waals surface area contributed by atoms with E-state index in [-0.39, 0.29) is 19.9 Å². The van der Waals surface area contributed by atoms with Crippen LogP contribution in [0.1, 0.15) is 11.3 Å². The standard InChI is InChI=1S/C6HCl2F2NOS/c7-2-3(8)6(11-1-12)13-4(2)5(9)10/h5H. The van der Waals surface area contributed by atoms with Gasteiger partial charge in [0, 0.05) is 0 Å². The van der Waals surface area contributed by atoms with Crippen LogP contribution in [0.5, 0.6) is 0 Å². The van der Waals surface area contributed by atoms with Crippen molar-refractivity contribution in [3.05, 3.63) is 14.9 Å². The van der Waals surface area contributed by atoms with Crippen molar-refractivity contribution in [3.8, 4) is 0 Å². The molecule has 0 spiro atoms. The number of hydrogen-bond donors (Lipinski definition) is 0. The zero-order valence-electron chi connectivity index (χ0n) is 5.85. The molecular formula is C6HCl2F2NOS. The Morgan fingerprint density at radius 3 is 2.38 bits per heavy atom. The molecule has 1 heterocycles. The van der Waals surface area contributed by atoms with Crippen LogP contribution in [-0.4, -0.2) is 6.08 Å². The van der Waals surface area contributed by atoms with Crippen molar-refractivity contribution in [2.75, 3.05) is 0 Å². The summed E-state index contributed by atoms with van der Waals surface area (Å²) in [6, 6.07) is 0. The third kappa shape index (κ3) is 2.06. The van der Waals surface area contributed by atoms with Crippen LogP contribution < -0.4 is 0 Å². The SMILES string of the molecule is O=C=Nc1sc(C(F)F)c(Cl)c1Cl. The molecule has 0 aliphatic carbocycles. The minimum Gasteiger partial charge on any atom is -0.211 e. The number of carbonyl (C=O) groups excluding carboxylic acids is 1. The highest BCUT2D eigenvalue weighted by Crippen LogP contribution is 2.46. The van der Waals surface area contributed by atoms with Gasteiger partial charge in [-0.3, -0.25) is 0 Å². The maximum atomic E-state index is 12.2. The number of nitrogens with zero attached hydrogens (tertiary/aromatic N) is 1. The van der Waals surface area contributed by atoms with Crippen LogP contribution in [0.3, 0.4) is 0 Å². The summed E-state index contributed by atoms with van der Waals surface area (Å²) in [4.78, 5) is 12.6. The minimum absolute atomic E-state index is 0.0445. The molecule has 0 fully saturated rings. The van der Waals surface area contributed by atoms with Gasteiger partial charge in [0.2, 0.25) is 6.08 Å². The van der Waals surface area contributed by atoms with Crippen molar-refractivity contribution >= 4 is 45.6 Å². The summed E-state index contributed by atoms with van der Waals surface area (Å²) in [5.41, 5.74) is 0. The molecule has 0 saturated heterocycles. The summed E-state index contributed by atoms with van der Waals surface area (Å²) in [7, 11) is 0. The van der Waals surface area contributed by atoms with Gasteiger partial charge in [0.1, 0.15) is 5.00 Å². The fourth-order valence-electron chi connectivity index (χ4n) is 0.650. The smallest absolute Gasteiger partial charge is 0.211 e. The van der Waals surface area contributed by atoms with Crippen LogP contribution in [-0.2, 0) is 4.79 Å². The van der Waals surface area contributed by atoms with Gasteiger partial charge in [-0.2, -0.15) is 4.99 Å². The average molecular weight is 244 g/mol. The number of isocyanates is 1. The first-order valence-corrected chi connectivity index (χ1v) is 4.49. The van der Waals surface area contributed by atoms with Crippen molar-refractivity contribution in [3.63, 3.8) is 0 Å². The molecule has 0 saturated carbocycles. The molecule has 0 bridgehead atoms. The third-order valence-corrected chi connectivity index (χ3v) is 3.32. The molecule has 7 heteroatoms. The Balaban J connectivity index is 3.27. The van der Waals surface area contributed by atoms with Gasteiger partial charge in [0.05, 0.1) is 14.9 Å². The number of thiophene rings is 1. The summed E-state index contributed by atoms with van der Waals surface area (Å²) in [5.74, 6) is 0. The van der Waals surface area contributed by atoms with Gasteiger partial charge >= 0.3 is 0 Å². The van der Waals surface area contributed by atoms with Crippen LogP contribution >= 0.6 is 34.5 Å². The van der Waals surface area contributed by atoms with Crippen molar-refractivity contribution in [1.82, 2.24) is 0 Å². The largest absolute Gasteiger partial charge is 0.274 e. The average Bonchev–Trinajstić information content (AvgIpc) is 2.33. The molecule has 0 N–H and O–H groups in total. The van der Waals surface area contributed by atoms with E-state index in [1.807, 2.05) is 0 Å². The molecular weight excluding hydrogens is 243 g/mol. The molecule has 0 aromatic carbocycles. The Labute approximate surface area is 85.8 Å². The van der Waals surface area contributed by atoms with Crippen LogP contribution in [0.2, 0.25) is 10.0 Å². The highest BCUT2D eigenvalue weighted by atomic mass is 35.5. The maximum Gasteiger partial charge on any atom is 0.274 e. The number of halogens is 4. The summed E-state index contributed by atoms with van der Waals surface area (Å²) in [6.45, 7) is 0. The first kappa shape index (κ1) is 10.6. The number of alkyl halides is 2. The van der Waals surface area contributed by atoms with Gasteiger partial charge in [0.25, 0.3) is 6.43 Å². The summed E-state index contributed by atoms with van der Waals surface area (Å²) in [6.07, 6.45) is -1.52. The lowest BCUT2D eigenvalue weighted by molar-refractivity contribution is 0.156. The zero-order chi connectivity index (χ0) is 10.0. The Kier molecular flexibility index (Phi) is 3.39. The van der Waals surface area contributed by atoms with Gasteiger partial charge in [-0.25, -0.2) is 13.6 Å². The lowest BCUT2D eigenvalue weighted by Crippen LogP contribution is -1.76. The zero-order valence-corrected chi connectivity index (χ0v) is 8.18. The van der Waals surface area contributed by atoms with Gasteiger partial charge in [-0.15, -0.1) is 11.3 Å². The molecule has 0 radical (unpaired) electrons. The normalized spacial score (nSPS) is 10.2. The van der Waals surface area contributed by atoms with Crippen molar-refractivity contribution in [1.29, 1.82) is 0 Å². The van der Waals surface area contributed by atoms with E-state index in [1.165, 1.54) is 6.08 Å². The lowest BCUT2D eigenvalue weighted by Gasteiger charge is -1.92. The number of rotatable bonds is 2. The predicted octanol–water partition coefficient (Wildman–Crippen LogP) is 3.96. The summed E-state index contributed by atoms with van der Waals surface area (Å²) in [5, 5.41) is -0.432. The second-order valence-corrected chi connectivity index (χ2v) is 3.69. The molecule has 13 heavy (non-hydrogen) atoms.